The third kappa shape index (κ3) is 3.00. The van der Waals surface area contributed by atoms with E-state index in [0.29, 0.717) is 38.1 Å². The van der Waals surface area contributed by atoms with Gasteiger partial charge in [0, 0.05) is 18.7 Å². The lowest BCUT2D eigenvalue weighted by Gasteiger charge is -2.37. The molecule has 0 unspecified atom stereocenters. The molecule has 1 aromatic rings. The van der Waals surface area contributed by atoms with E-state index in [4.69, 9.17) is 4.74 Å². The van der Waals surface area contributed by atoms with E-state index >= 15 is 0 Å². The van der Waals surface area contributed by atoms with Crippen molar-refractivity contribution >= 4 is 11.9 Å². The first-order valence-corrected chi connectivity index (χ1v) is 7.08. The molecule has 0 radical (unpaired) electrons. The van der Waals surface area contributed by atoms with Crippen molar-refractivity contribution in [1.82, 2.24) is 4.90 Å². The summed E-state index contributed by atoms with van der Waals surface area (Å²) in [5, 5.41) is 0. The first kappa shape index (κ1) is 14.6. The second-order valence-electron chi connectivity index (χ2n) is 5.44. The van der Waals surface area contributed by atoms with E-state index in [0.717, 1.165) is 0 Å². The van der Waals surface area contributed by atoms with Crippen molar-refractivity contribution in [3.8, 4) is 0 Å². The summed E-state index contributed by atoms with van der Waals surface area (Å²) in [5.74, 6) is -0.108. The van der Waals surface area contributed by atoms with Crippen molar-refractivity contribution in [2.45, 2.75) is 26.7 Å². The lowest BCUT2D eigenvalue weighted by atomic mass is 9.80. The molecule has 2 rings (SSSR count). The molecule has 4 heteroatoms. The third-order valence-electron chi connectivity index (χ3n) is 3.94. The number of carbonyl (C=O) groups is 2. The Hall–Kier alpha value is -1.84. The van der Waals surface area contributed by atoms with Crippen molar-refractivity contribution in [2.75, 3.05) is 19.7 Å². The Kier molecular flexibility index (Phi) is 4.42. The molecular formula is C16H21NO3. The Balaban J connectivity index is 1.98. The molecule has 4 nitrogen and oxygen atoms in total. The average molecular weight is 275 g/mol. The normalized spacial score (nSPS) is 17.6. The van der Waals surface area contributed by atoms with Gasteiger partial charge in [-0.1, -0.05) is 18.2 Å². The molecule has 108 valence electrons. The lowest BCUT2D eigenvalue weighted by Crippen LogP contribution is -2.45. The van der Waals surface area contributed by atoms with E-state index in [1.165, 1.54) is 0 Å². The maximum Gasteiger partial charge on any atom is 0.311 e. The number of hydrogen-bond donors (Lipinski definition) is 0. The number of ether oxygens (including phenoxy) is 1. The Bertz CT molecular complexity index is 476. The SMILES string of the molecule is CCOC(=O)C1(C)CCN(C(=O)c2ccccc2)CC1. The van der Waals surface area contributed by atoms with Gasteiger partial charge in [-0.15, -0.1) is 0 Å². The van der Waals surface area contributed by atoms with Gasteiger partial charge in [0.05, 0.1) is 12.0 Å². The number of hydrogen-bond acceptors (Lipinski definition) is 3. The van der Waals surface area contributed by atoms with Gasteiger partial charge in [-0.05, 0) is 38.8 Å². The van der Waals surface area contributed by atoms with Gasteiger partial charge in [-0.2, -0.15) is 0 Å². The zero-order valence-corrected chi connectivity index (χ0v) is 12.1. The van der Waals surface area contributed by atoms with Crippen LogP contribution in [0.15, 0.2) is 30.3 Å². The summed E-state index contributed by atoms with van der Waals surface area (Å²) in [6, 6.07) is 9.26. The smallest absolute Gasteiger partial charge is 0.311 e. The summed E-state index contributed by atoms with van der Waals surface area (Å²) in [6.07, 6.45) is 1.31. The van der Waals surface area contributed by atoms with Crippen LogP contribution in [0.4, 0.5) is 0 Å². The molecule has 1 aromatic carbocycles. The molecule has 1 saturated heterocycles. The topological polar surface area (TPSA) is 46.6 Å². The van der Waals surface area contributed by atoms with Crippen molar-refractivity contribution < 1.29 is 14.3 Å². The van der Waals surface area contributed by atoms with E-state index in [-0.39, 0.29) is 11.9 Å². The van der Waals surface area contributed by atoms with Crippen molar-refractivity contribution in [3.63, 3.8) is 0 Å². The van der Waals surface area contributed by atoms with Crippen LogP contribution < -0.4 is 0 Å². The summed E-state index contributed by atoms with van der Waals surface area (Å²) in [6.45, 7) is 5.35. The second-order valence-corrected chi connectivity index (χ2v) is 5.44. The largest absolute Gasteiger partial charge is 0.466 e. The summed E-state index contributed by atoms with van der Waals surface area (Å²) >= 11 is 0. The minimum absolute atomic E-state index is 0.0384. The molecule has 0 atom stereocenters. The van der Waals surface area contributed by atoms with Gasteiger partial charge >= 0.3 is 5.97 Å². The first-order valence-electron chi connectivity index (χ1n) is 7.08. The summed E-state index contributed by atoms with van der Waals surface area (Å²) in [4.78, 5) is 26.1. The molecule has 1 amide bonds. The van der Waals surface area contributed by atoms with Crippen LogP contribution in [0.2, 0.25) is 0 Å². The highest BCUT2D eigenvalue weighted by atomic mass is 16.5. The Morgan fingerprint density at radius 1 is 1.20 bits per heavy atom. The third-order valence-corrected chi connectivity index (χ3v) is 3.94. The number of amides is 1. The summed E-state index contributed by atoms with van der Waals surface area (Å²) < 4.78 is 5.12. The molecule has 20 heavy (non-hydrogen) atoms. The number of nitrogens with zero attached hydrogens (tertiary/aromatic N) is 1. The maximum atomic E-state index is 12.3. The minimum Gasteiger partial charge on any atom is -0.466 e. The molecule has 1 fully saturated rings. The van der Waals surface area contributed by atoms with Crippen LogP contribution in [0, 0.1) is 5.41 Å². The molecule has 1 aliphatic rings. The van der Waals surface area contributed by atoms with Gasteiger partial charge in [0.1, 0.15) is 0 Å². The van der Waals surface area contributed by atoms with E-state index in [1.807, 2.05) is 49.1 Å². The fourth-order valence-corrected chi connectivity index (χ4v) is 2.48. The van der Waals surface area contributed by atoms with Gasteiger partial charge in [-0.25, -0.2) is 0 Å². The summed E-state index contributed by atoms with van der Waals surface area (Å²) in [5.41, 5.74) is 0.246. The minimum atomic E-state index is -0.455. The molecular weight excluding hydrogens is 254 g/mol. The first-order chi connectivity index (χ1) is 9.57. The van der Waals surface area contributed by atoms with Crippen LogP contribution >= 0.6 is 0 Å². The zero-order chi connectivity index (χ0) is 14.6. The van der Waals surface area contributed by atoms with E-state index < -0.39 is 5.41 Å². The number of likely N-dealkylation sites (tertiary alicyclic amines) is 1. The predicted molar refractivity (Wildman–Crippen MR) is 76.3 cm³/mol. The Labute approximate surface area is 119 Å². The number of piperidine rings is 1. The molecule has 0 aromatic heterocycles. The highest BCUT2D eigenvalue weighted by Crippen LogP contribution is 2.32. The van der Waals surface area contributed by atoms with E-state index in [9.17, 15) is 9.59 Å². The monoisotopic (exact) mass is 275 g/mol. The van der Waals surface area contributed by atoms with Crippen LogP contribution in [0.25, 0.3) is 0 Å². The summed E-state index contributed by atoms with van der Waals surface area (Å²) in [7, 11) is 0. The Morgan fingerprint density at radius 3 is 2.35 bits per heavy atom. The van der Waals surface area contributed by atoms with Crippen LogP contribution in [-0.2, 0) is 9.53 Å². The molecule has 0 spiro atoms. The van der Waals surface area contributed by atoms with Gasteiger partial charge in [-0.3, -0.25) is 9.59 Å². The van der Waals surface area contributed by atoms with Crippen molar-refractivity contribution in [2.24, 2.45) is 5.41 Å². The van der Waals surface area contributed by atoms with Gasteiger partial charge in [0.2, 0.25) is 0 Å². The zero-order valence-electron chi connectivity index (χ0n) is 12.1. The fraction of sp³-hybridized carbons (Fsp3) is 0.500. The molecule has 0 bridgehead atoms. The van der Waals surface area contributed by atoms with Crippen LogP contribution in [0.3, 0.4) is 0 Å². The molecule has 0 N–H and O–H groups in total. The number of benzene rings is 1. The second kappa shape index (κ2) is 6.07. The number of rotatable bonds is 3. The highest BCUT2D eigenvalue weighted by Gasteiger charge is 2.39. The Morgan fingerprint density at radius 2 is 1.80 bits per heavy atom. The van der Waals surface area contributed by atoms with Crippen LogP contribution in [0.5, 0.6) is 0 Å². The highest BCUT2D eigenvalue weighted by molar-refractivity contribution is 5.94. The molecule has 1 heterocycles. The van der Waals surface area contributed by atoms with Gasteiger partial charge in [0.25, 0.3) is 5.91 Å². The quantitative estimate of drug-likeness (QED) is 0.796. The van der Waals surface area contributed by atoms with Crippen molar-refractivity contribution in [1.29, 1.82) is 0 Å². The average Bonchev–Trinajstić information content (AvgIpc) is 2.48. The molecule has 1 aliphatic heterocycles. The maximum absolute atomic E-state index is 12.3. The van der Waals surface area contributed by atoms with Gasteiger partial charge < -0.3 is 9.64 Å². The predicted octanol–water partition coefficient (Wildman–Crippen LogP) is 2.49. The number of esters is 1. The lowest BCUT2D eigenvalue weighted by molar-refractivity contribution is -0.156. The molecule has 0 aliphatic carbocycles. The fourth-order valence-electron chi connectivity index (χ4n) is 2.48. The van der Waals surface area contributed by atoms with E-state index in [2.05, 4.69) is 0 Å². The van der Waals surface area contributed by atoms with E-state index in [1.54, 1.807) is 0 Å². The number of carbonyl (C=O) groups excluding carboxylic acids is 2. The molecule has 0 saturated carbocycles. The van der Waals surface area contributed by atoms with Crippen LogP contribution in [0.1, 0.15) is 37.0 Å². The van der Waals surface area contributed by atoms with Crippen LogP contribution in [-0.4, -0.2) is 36.5 Å². The van der Waals surface area contributed by atoms with Gasteiger partial charge in [0.15, 0.2) is 0 Å². The standard InChI is InChI=1S/C16H21NO3/c1-3-20-15(19)16(2)9-11-17(12-10-16)14(18)13-7-5-4-6-8-13/h4-8H,3,9-12H2,1-2H3. The van der Waals surface area contributed by atoms with Crippen molar-refractivity contribution in [3.05, 3.63) is 35.9 Å².